The molecular weight excluding hydrogens is 162 g/mol. The number of hydrogen-bond acceptors (Lipinski definition) is 3. The second-order valence-corrected chi connectivity index (χ2v) is 3.01. The van der Waals surface area contributed by atoms with Gasteiger partial charge in [0, 0.05) is 12.7 Å². The Balaban J connectivity index is 2.22. The molecule has 0 aliphatic carbocycles. The minimum absolute atomic E-state index is 0.186. The van der Waals surface area contributed by atoms with Crippen LogP contribution in [0.1, 0.15) is 6.42 Å². The molecule has 0 bridgehead atoms. The molecule has 1 N–H and O–H groups in total. The van der Waals surface area contributed by atoms with Crippen LogP contribution in [0.3, 0.4) is 0 Å². The summed E-state index contributed by atoms with van der Waals surface area (Å²) >= 11 is 1.51. The molecule has 0 atom stereocenters. The first-order valence-corrected chi connectivity index (χ1v) is 4.11. The molecule has 0 unspecified atom stereocenters. The molecule has 1 rings (SSSR count). The Labute approximate surface area is 69.5 Å². The number of carboxylic acid groups (broad SMARTS) is 1. The topological polar surface area (TPSA) is 40.5 Å². The van der Waals surface area contributed by atoms with Crippen LogP contribution < -0.4 is 0 Å². The fraction of sp³-hybridized carbons (Fsp3) is 0.286. The molecule has 0 saturated heterocycles. The molecule has 0 radical (unpaired) electrons. The van der Waals surface area contributed by atoms with Gasteiger partial charge in [-0.2, -0.15) is 0 Å². The second kappa shape index (κ2) is 4.08. The number of allylic oxidation sites excluding steroid dienone is 2. The lowest BCUT2D eigenvalue weighted by molar-refractivity contribution is -0.137. The Kier molecular flexibility index (Phi) is 3.04. The van der Waals surface area contributed by atoms with Gasteiger partial charge >= 0.3 is 5.97 Å². The molecule has 3 nitrogen and oxygen atoms in total. The highest BCUT2D eigenvalue weighted by Gasteiger charge is 2.03. The first-order valence-electron chi connectivity index (χ1n) is 3.27. The maximum atomic E-state index is 10.2. The number of aliphatic carboxylic acids is 1. The molecule has 1 aliphatic heterocycles. The van der Waals surface area contributed by atoms with Gasteiger partial charge in [0.05, 0.1) is 6.42 Å². The number of rotatable bonds is 3. The molecule has 0 saturated carbocycles. The SMILES string of the molecule is O=C(O)CCN1C=CC=CS1. The third kappa shape index (κ3) is 3.13. The van der Waals surface area contributed by atoms with Crippen molar-refractivity contribution in [2.45, 2.75) is 6.42 Å². The van der Waals surface area contributed by atoms with Crippen LogP contribution >= 0.6 is 11.9 Å². The van der Waals surface area contributed by atoms with Crippen LogP contribution in [0.15, 0.2) is 23.8 Å². The van der Waals surface area contributed by atoms with E-state index >= 15 is 0 Å². The summed E-state index contributed by atoms with van der Waals surface area (Å²) in [6.07, 6.45) is 5.86. The largest absolute Gasteiger partial charge is 0.481 e. The third-order valence-corrected chi connectivity index (χ3v) is 2.04. The first-order chi connectivity index (χ1) is 5.29. The van der Waals surface area contributed by atoms with E-state index in [-0.39, 0.29) is 6.42 Å². The minimum atomic E-state index is -0.756. The summed E-state index contributed by atoms with van der Waals surface area (Å²) < 4.78 is 1.88. The average molecular weight is 171 g/mol. The maximum absolute atomic E-state index is 10.2. The zero-order valence-electron chi connectivity index (χ0n) is 5.93. The first kappa shape index (κ1) is 8.20. The van der Waals surface area contributed by atoms with Crippen molar-refractivity contribution in [3.05, 3.63) is 23.8 Å². The van der Waals surface area contributed by atoms with Crippen LogP contribution in [-0.4, -0.2) is 21.9 Å². The molecule has 0 aromatic heterocycles. The van der Waals surface area contributed by atoms with E-state index < -0.39 is 5.97 Å². The lowest BCUT2D eigenvalue weighted by atomic mass is 10.4. The summed E-state index contributed by atoms with van der Waals surface area (Å²) in [5, 5.41) is 10.3. The predicted octanol–water partition coefficient (Wildman–Crippen LogP) is 1.45. The van der Waals surface area contributed by atoms with Gasteiger partial charge in [0.1, 0.15) is 0 Å². The molecule has 0 fully saturated rings. The lowest BCUT2D eigenvalue weighted by Gasteiger charge is -2.16. The Bertz CT molecular complexity index is 201. The third-order valence-electron chi connectivity index (χ3n) is 1.18. The minimum Gasteiger partial charge on any atom is -0.481 e. The highest BCUT2D eigenvalue weighted by Crippen LogP contribution is 2.16. The Hall–Kier alpha value is -0.900. The fourth-order valence-electron chi connectivity index (χ4n) is 0.673. The van der Waals surface area contributed by atoms with Crippen molar-refractivity contribution in [2.24, 2.45) is 0 Å². The zero-order valence-corrected chi connectivity index (χ0v) is 6.75. The summed E-state index contributed by atoms with van der Waals surface area (Å²) in [6.45, 7) is 0.556. The molecule has 60 valence electrons. The van der Waals surface area contributed by atoms with Gasteiger partial charge in [-0.15, -0.1) is 0 Å². The van der Waals surface area contributed by atoms with Gasteiger partial charge in [0.2, 0.25) is 0 Å². The quantitative estimate of drug-likeness (QED) is 0.652. The molecular formula is C7H9NO2S. The summed E-state index contributed by atoms with van der Waals surface area (Å²) in [7, 11) is 0. The summed E-state index contributed by atoms with van der Waals surface area (Å²) in [6, 6.07) is 0. The van der Waals surface area contributed by atoms with Gasteiger partial charge in [-0.25, -0.2) is 0 Å². The predicted molar refractivity (Wildman–Crippen MR) is 44.8 cm³/mol. The van der Waals surface area contributed by atoms with Crippen molar-refractivity contribution < 1.29 is 9.90 Å². The van der Waals surface area contributed by atoms with E-state index in [9.17, 15) is 4.79 Å². The van der Waals surface area contributed by atoms with Gasteiger partial charge in [0.25, 0.3) is 0 Å². The summed E-state index contributed by atoms with van der Waals surface area (Å²) in [5.74, 6) is -0.756. The van der Waals surface area contributed by atoms with E-state index in [1.807, 2.05) is 28.1 Å². The molecule has 11 heavy (non-hydrogen) atoms. The van der Waals surface area contributed by atoms with Gasteiger partial charge in [-0.1, -0.05) is 6.08 Å². The number of hydrogen-bond donors (Lipinski definition) is 1. The van der Waals surface area contributed by atoms with E-state index in [0.29, 0.717) is 6.54 Å². The van der Waals surface area contributed by atoms with Crippen molar-refractivity contribution in [1.29, 1.82) is 0 Å². The molecule has 4 heteroatoms. The molecule has 0 aromatic carbocycles. The highest BCUT2D eigenvalue weighted by molar-refractivity contribution is 8.00. The van der Waals surface area contributed by atoms with E-state index in [2.05, 4.69) is 0 Å². The second-order valence-electron chi connectivity index (χ2n) is 2.06. The molecule has 1 aliphatic rings. The van der Waals surface area contributed by atoms with Crippen molar-refractivity contribution in [3.8, 4) is 0 Å². The maximum Gasteiger partial charge on any atom is 0.305 e. The van der Waals surface area contributed by atoms with Gasteiger partial charge in [-0.05, 0) is 23.4 Å². The molecule has 0 amide bonds. The normalized spacial score (nSPS) is 15.5. The van der Waals surface area contributed by atoms with Gasteiger partial charge < -0.3 is 9.41 Å². The summed E-state index contributed by atoms with van der Waals surface area (Å²) in [4.78, 5) is 10.2. The van der Waals surface area contributed by atoms with Crippen LogP contribution in [0.5, 0.6) is 0 Å². The Morgan fingerprint density at radius 3 is 2.91 bits per heavy atom. The lowest BCUT2D eigenvalue weighted by Crippen LogP contribution is -2.13. The van der Waals surface area contributed by atoms with Crippen molar-refractivity contribution in [1.82, 2.24) is 4.31 Å². The fourth-order valence-corrected chi connectivity index (χ4v) is 1.33. The smallest absolute Gasteiger partial charge is 0.305 e. The van der Waals surface area contributed by atoms with E-state index in [1.165, 1.54) is 11.9 Å². The number of carbonyl (C=O) groups is 1. The number of nitrogens with zero attached hydrogens (tertiary/aromatic N) is 1. The van der Waals surface area contributed by atoms with Crippen molar-refractivity contribution in [2.75, 3.05) is 6.54 Å². The van der Waals surface area contributed by atoms with E-state index in [0.717, 1.165) is 0 Å². The monoisotopic (exact) mass is 171 g/mol. The molecule has 0 spiro atoms. The van der Waals surface area contributed by atoms with Crippen LogP contribution in [0, 0.1) is 0 Å². The van der Waals surface area contributed by atoms with Gasteiger partial charge in [-0.3, -0.25) is 4.79 Å². The standard InChI is InChI=1S/C7H9NO2S/c9-7(10)3-5-8-4-1-2-6-11-8/h1-2,4,6H,3,5H2,(H,9,10). The Morgan fingerprint density at radius 1 is 1.55 bits per heavy atom. The highest BCUT2D eigenvalue weighted by atomic mass is 32.2. The molecule has 0 aromatic rings. The van der Waals surface area contributed by atoms with E-state index in [1.54, 1.807) is 0 Å². The van der Waals surface area contributed by atoms with Crippen molar-refractivity contribution in [3.63, 3.8) is 0 Å². The molecule has 1 heterocycles. The van der Waals surface area contributed by atoms with Crippen LogP contribution in [-0.2, 0) is 4.79 Å². The average Bonchev–Trinajstić information content (AvgIpc) is 2.03. The van der Waals surface area contributed by atoms with Crippen LogP contribution in [0.2, 0.25) is 0 Å². The number of carboxylic acids is 1. The Morgan fingerprint density at radius 2 is 2.36 bits per heavy atom. The summed E-state index contributed by atoms with van der Waals surface area (Å²) in [5.41, 5.74) is 0. The van der Waals surface area contributed by atoms with Crippen molar-refractivity contribution >= 4 is 17.9 Å². The van der Waals surface area contributed by atoms with Crippen LogP contribution in [0.25, 0.3) is 0 Å². The zero-order chi connectivity index (χ0) is 8.10. The van der Waals surface area contributed by atoms with Gasteiger partial charge in [0.15, 0.2) is 0 Å². The van der Waals surface area contributed by atoms with E-state index in [4.69, 9.17) is 5.11 Å². The van der Waals surface area contributed by atoms with Crippen LogP contribution in [0.4, 0.5) is 0 Å².